The molecule has 1 aliphatic rings. The third-order valence-corrected chi connectivity index (χ3v) is 2.83. The van der Waals surface area contributed by atoms with Gasteiger partial charge in [-0.05, 0) is 6.42 Å². The molecule has 3 heteroatoms. The largest absolute Gasteiger partial charge is 0.248 e. The van der Waals surface area contributed by atoms with Crippen LogP contribution in [0, 0.1) is 0 Å². The summed E-state index contributed by atoms with van der Waals surface area (Å²) in [6, 6.07) is 1.12. The van der Waals surface area contributed by atoms with Gasteiger partial charge in [0.05, 0.1) is 27.2 Å². The Morgan fingerprint density at radius 3 is 2.64 bits per heavy atom. The molecule has 0 aromatic carbocycles. The van der Waals surface area contributed by atoms with Gasteiger partial charge >= 0.3 is 0 Å². The fourth-order valence-electron chi connectivity index (χ4n) is 1.70. The zero-order valence-electron chi connectivity index (χ0n) is 7.64. The van der Waals surface area contributed by atoms with Crippen LogP contribution in [0.3, 0.4) is 0 Å². The Labute approximate surface area is 73.2 Å². The van der Waals surface area contributed by atoms with Gasteiger partial charge in [0.2, 0.25) is 0 Å². The molecule has 0 unspecified atom stereocenters. The lowest BCUT2D eigenvalue weighted by molar-refractivity contribution is -0.989. The van der Waals surface area contributed by atoms with Crippen molar-refractivity contribution in [2.24, 2.45) is 0 Å². The van der Waals surface area contributed by atoms with Gasteiger partial charge in [-0.25, -0.2) is 4.59 Å². The van der Waals surface area contributed by atoms with E-state index < -0.39 is 0 Å². The average molecular weight is 170 g/mol. The molecule has 0 aliphatic carbocycles. The monoisotopic (exact) mass is 170 g/mol. The van der Waals surface area contributed by atoms with Gasteiger partial charge in [0, 0.05) is 23.2 Å². The summed E-state index contributed by atoms with van der Waals surface area (Å²) < 4.78 is 1.09. The van der Waals surface area contributed by atoms with Crippen molar-refractivity contribution in [3.05, 3.63) is 0 Å². The lowest BCUT2D eigenvalue weighted by Crippen LogP contribution is -2.49. The average Bonchev–Trinajstić information content (AvgIpc) is 2.25. The molecule has 1 rings (SSSR count). The van der Waals surface area contributed by atoms with Crippen molar-refractivity contribution in [3.8, 4) is 0 Å². The Morgan fingerprint density at radius 1 is 1.45 bits per heavy atom. The molecule has 0 amide bonds. The molecular formula is C8H18N2Si+. The Morgan fingerprint density at radius 2 is 2.18 bits per heavy atom. The molecule has 0 aromatic rings. The fraction of sp³-hybridized carbons (Fsp3) is 1.00. The van der Waals surface area contributed by atoms with Crippen molar-refractivity contribution in [2.75, 3.05) is 33.7 Å². The number of hydrogen-bond acceptors (Lipinski definition) is 1. The molecular weight excluding hydrogens is 152 g/mol. The lowest BCUT2D eigenvalue weighted by Gasteiger charge is -2.33. The highest BCUT2D eigenvalue weighted by Crippen LogP contribution is 2.15. The van der Waals surface area contributed by atoms with Gasteiger partial charge < -0.3 is 0 Å². The van der Waals surface area contributed by atoms with Crippen LogP contribution in [0.5, 0.6) is 0 Å². The first kappa shape index (κ1) is 9.23. The summed E-state index contributed by atoms with van der Waals surface area (Å²) >= 11 is 0. The number of hydrogen-bond donors (Lipinski definition) is 0. The van der Waals surface area contributed by atoms with E-state index in [2.05, 4.69) is 29.3 Å². The zero-order valence-corrected chi connectivity index (χ0v) is 8.64. The van der Waals surface area contributed by atoms with Crippen molar-refractivity contribution < 1.29 is 4.59 Å². The molecule has 1 fully saturated rings. The minimum Gasteiger partial charge on any atom is -0.248 e. The molecule has 0 aromatic heterocycles. The highest BCUT2D eigenvalue weighted by molar-refractivity contribution is 6.08. The van der Waals surface area contributed by atoms with Crippen LogP contribution in [-0.2, 0) is 0 Å². The molecule has 1 aliphatic heterocycles. The molecule has 0 atom stereocenters. The van der Waals surface area contributed by atoms with E-state index >= 15 is 0 Å². The molecule has 3 radical (unpaired) electrons. The lowest BCUT2D eigenvalue weighted by atomic mass is 10.4. The summed E-state index contributed by atoms with van der Waals surface area (Å²) in [5.41, 5.74) is 0. The summed E-state index contributed by atoms with van der Waals surface area (Å²) in [5.74, 6) is 0. The SMILES string of the molecule is C[N+]1(C)CCCN1CCC[Si]. The van der Waals surface area contributed by atoms with E-state index in [4.69, 9.17) is 0 Å². The van der Waals surface area contributed by atoms with Crippen molar-refractivity contribution in [2.45, 2.75) is 18.9 Å². The van der Waals surface area contributed by atoms with Crippen molar-refractivity contribution in [3.63, 3.8) is 0 Å². The fourth-order valence-corrected chi connectivity index (χ4v) is 1.85. The summed E-state index contributed by atoms with van der Waals surface area (Å²) in [6.45, 7) is 3.82. The minimum absolute atomic E-state index is 1.09. The van der Waals surface area contributed by atoms with Crippen LogP contribution >= 0.6 is 0 Å². The van der Waals surface area contributed by atoms with Crippen LogP contribution in [0.4, 0.5) is 0 Å². The molecule has 0 spiro atoms. The molecule has 0 N–H and O–H groups in total. The van der Waals surface area contributed by atoms with Gasteiger partial charge in [-0.3, -0.25) is 0 Å². The van der Waals surface area contributed by atoms with E-state index in [9.17, 15) is 0 Å². The van der Waals surface area contributed by atoms with E-state index in [0.717, 1.165) is 10.6 Å². The Hall–Kier alpha value is 0.137. The van der Waals surface area contributed by atoms with Gasteiger partial charge in [-0.1, -0.05) is 6.04 Å². The van der Waals surface area contributed by atoms with Crippen molar-refractivity contribution in [1.82, 2.24) is 5.01 Å². The highest BCUT2D eigenvalue weighted by atomic mass is 28.1. The van der Waals surface area contributed by atoms with Gasteiger partial charge in [0.1, 0.15) is 0 Å². The van der Waals surface area contributed by atoms with Crippen LogP contribution in [0.2, 0.25) is 6.04 Å². The first-order valence-electron chi connectivity index (χ1n) is 4.40. The van der Waals surface area contributed by atoms with Crippen LogP contribution in [0.15, 0.2) is 0 Å². The molecule has 1 heterocycles. The molecule has 2 nitrogen and oxygen atoms in total. The van der Waals surface area contributed by atoms with Crippen molar-refractivity contribution >= 4 is 10.2 Å². The second-order valence-corrected chi connectivity index (χ2v) is 4.26. The third-order valence-electron chi connectivity index (χ3n) is 2.48. The normalized spacial score (nSPS) is 24.3. The quantitative estimate of drug-likeness (QED) is 0.444. The molecule has 0 saturated carbocycles. The van der Waals surface area contributed by atoms with Crippen LogP contribution in [0.1, 0.15) is 12.8 Å². The Bertz CT molecular complexity index is 125. The first-order chi connectivity index (χ1) is 5.17. The summed E-state index contributed by atoms with van der Waals surface area (Å²) in [5, 5.41) is 2.54. The van der Waals surface area contributed by atoms with E-state index in [1.807, 2.05) is 0 Å². The van der Waals surface area contributed by atoms with Crippen LogP contribution < -0.4 is 0 Å². The third kappa shape index (κ3) is 2.29. The van der Waals surface area contributed by atoms with E-state index in [-0.39, 0.29) is 0 Å². The summed E-state index contributed by atoms with van der Waals surface area (Å²) in [4.78, 5) is 0. The van der Waals surface area contributed by atoms with Crippen molar-refractivity contribution in [1.29, 1.82) is 0 Å². The van der Waals surface area contributed by atoms with E-state index in [0.29, 0.717) is 0 Å². The predicted octanol–water partition coefficient (Wildman–Crippen LogP) is 0.660. The maximum atomic E-state index is 3.51. The standard InChI is InChI=1S/C8H18N2Si/c1-10(2)7-3-5-9(10)6-4-8-11/h3-8H2,1-2H3/q+1. The maximum Gasteiger partial charge on any atom is 0.0974 e. The number of rotatable bonds is 3. The molecule has 63 valence electrons. The van der Waals surface area contributed by atoms with Gasteiger partial charge in [0.25, 0.3) is 0 Å². The minimum atomic E-state index is 1.09. The Balaban J connectivity index is 2.32. The summed E-state index contributed by atoms with van der Waals surface area (Å²) in [7, 11) is 8.09. The van der Waals surface area contributed by atoms with Gasteiger partial charge in [-0.15, -0.1) is 0 Å². The number of quaternary nitrogens is 1. The second-order valence-electron chi connectivity index (χ2n) is 3.76. The first-order valence-corrected chi connectivity index (χ1v) is 5.10. The second kappa shape index (κ2) is 3.69. The zero-order chi connectivity index (χ0) is 8.32. The van der Waals surface area contributed by atoms with Crippen LogP contribution in [0.25, 0.3) is 0 Å². The predicted molar refractivity (Wildman–Crippen MR) is 48.3 cm³/mol. The topological polar surface area (TPSA) is 3.24 Å². The van der Waals surface area contributed by atoms with E-state index in [1.54, 1.807) is 0 Å². The smallest absolute Gasteiger partial charge is 0.0974 e. The Kier molecular flexibility index (Phi) is 3.10. The van der Waals surface area contributed by atoms with E-state index in [1.165, 1.54) is 32.5 Å². The maximum absolute atomic E-state index is 3.51. The molecule has 0 bridgehead atoms. The van der Waals surface area contributed by atoms with Gasteiger partial charge in [0.15, 0.2) is 0 Å². The highest BCUT2D eigenvalue weighted by Gasteiger charge is 2.30. The van der Waals surface area contributed by atoms with Gasteiger partial charge in [-0.2, -0.15) is 5.01 Å². The molecule has 11 heavy (non-hydrogen) atoms. The van der Waals surface area contributed by atoms with Crippen LogP contribution in [-0.4, -0.2) is 53.6 Å². The number of nitrogens with zero attached hydrogens (tertiary/aromatic N) is 2. The molecule has 1 saturated heterocycles. The summed E-state index contributed by atoms with van der Waals surface area (Å²) in [6.07, 6.45) is 2.62.